The summed E-state index contributed by atoms with van der Waals surface area (Å²) in [5.41, 5.74) is 5.50. The summed E-state index contributed by atoms with van der Waals surface area (Å²) < 4.78 is 30.1. The van der Waals surface area contributed by atoms with Gasteiger partial charge in [-0.25, -0.2) is 9.55 Å². The van der Waals surface area contributed by atoms with Gasteiger partial charge in [-0.05, 0) is 18.8 Å². The quantitative estimate of drug-likeness (QED) is 0.600. The minimum atomic E-state index is -4.21. The van der Waals surface area contributed by atoms with Crippen LogP contribution in [0.25, 0.3) is 11.2 Å². The topological polar surface area (TPSA) is 155 Å². The van der Waals surface area contributed by atoms with Crippen LogP contribution < -0.4 is 11.3 Å². The number of aromatic amines is 1. The Balaban J connectivity index is 1.91. The molecule has 2 unspecified atom stereocenters. The predicted octanol–water partition coefficient (Wildman–Crippen LogP) is 1.95. The van der Waals surface area contributed by atoms with Crippen LogP contribution >= 0.6 is 7.82 Å². The zero-order valence-corrected chi connectivity index (χ0v) is 17.2. The summed E-state index contributed by atoms with van der Waals surface area (Å²) >= 11 is 0. The molecule has 28 heavy (non-hydrogen) atoms. The van der Waals surface area contributed by atoms with Crippen molar-refractivity contribution in [2.75, 3.05) is 12.3 Å². The summed E-state index contributed by atoms with van der Waals surface area (Å²) in [6, 6.07) is 0. The number of imidazole rings is 1. The third kappa shape index (κ3) is 4.61. The maximum atomic E-state index is 12.1. The summed E-state index contributed by atoms with van der Waals surface area (Å²) in [5, 5.41) is 0. The van der Waals surface area contributed by atoms with Gasteiger partial charge >= 0.3 is 7.82 Å². The monoisotopic (exact) mass is 415 g/mol. The number of phosphoric ester groups is 1. The first-order chi connectivity index (χ1) is 13.0. The van der Waals surface area contributed by atoms with Crippen molar-refractivity contribution in [2.45, 2.75) is 59.0 Å². The Kier molecular flexibility index (Phi) is 5.66. The number of rotatable bonds is 6. The van der Waals surface area contributed by atoms with E-state index >= 15 is 0 Å². The van der Waals surface area contributed by atoms with Crippen molar-refractivity contribution in [3.8, 4) is 0 Å². The molecule has 0 bridgehead atoms. The van der Waals surface area contributed by atoms with E-state index in [0.717, 1.165) is 0 Å². The van der Waals surface area contributed by atoms with Crippen LogP contribution in [-0.2, 0) is 18.3 Å². The fourth-order valence-electron chi connectivity index (χ4n) is 3.29. The number of aromatic nitrogens is 4. The second-order valence-electron chi connectivity index (χ2n) is 7.94. The number of H-pyrrole nitrogens is 1. The molecule has 1 aliphatic heterocycles. The van der Waals surface area contributed by atoms with Gasteiger partial charge in [-0.3, -0.25) is 23.4 Å². The Bertz CT molecular complexity index is 951. The molecule has 0 aromatic carbocycles. The molecular formula is C16H26N5O6P. The molecule has 3 heterocycles. The zero-order valence-electron chi connectivity index (χ0n) is 16.3. The van der Waals surface area contributed by atoms with E-state index in [9.17, 15) is 14.3 Å². The smallest absolute Gasteiger partial charge is 0.369 e. The minimum absolute atomic E-state index is 0.0347. The molecule has 3 rings (SSSR count). The third-order valence-electron chi connectivity index (χ3n) is 4.32. The van der Waals surface area contributed by atoms with Crippen molar-refractivity contribution in [1.82, 2.24) is 19.5 Å². The van der Waals surface area contributed by atoms with Crippen LogP contribution in [0.15, 0.2) is 11.1 Å². The van der Waals surface area contributed by atoms with Crippen molar-refractivity contribution < 1.29 is 23.2 Å². The van der Waals surface area contributed by atoms with Gasteiger partial charge in [0.2, 0.25) is 5.95 Å². The minimum Gasteiger partial charge on any atom is -0.369 e. The number of nitrogens with one attached hydrogen (secondary N) is 1. The average molecular weight is 415 g/mol. The number of phosphoric acid groups is 1. The molecule has 0 radical (unpaired) electrons. The van der Waals surface area contributed by atoms with Crippen LogP contribution in [0.1, 0.15) is 46.8 Å². The van der Waals surface area contributed by atoms with Gasteiger partial charge in [0, 0.05) is 6.42 Å². The van der Waals surface area contributed by atoms with Crippen molar-refractivity contribution in [1.29, 1.82) is 0 Å². The molecule has 0 aliphatic carbocycles. The van der Waals surface area contributed by atoms with E-state index in [-0.39, 0.29) is 35.6 Å². The number of nitrogen functional groups attached to an aromatic ring is 1. The molecule has 4 atom stereocenters. The first-order valence-corrected chi connectivity index (χ1v) is 10.5. The largest absolute Gasteiger partial charge is 0.472 e. The second kappa shape index (κ2) is 7.57. The standard InChI is InChI=1S/C16H26N5O6P/c1-5-25-28(23,24)27-9-6-11(26-10(9)7-16(2,3)4)21-8-18-12-13(21)19-15(17)20-14(12)22/h8-11H,5-7H2,1-4H3,(H,23,24)(H3,17,19,20,22)/t9?,10-,11-/m1/s1. The molecule has 4 N–H and O–H groups in total. The summed E-state index contributed by atoms with van der Waals surface area (Å²) in [6.45, 7) is 7.77. The van der Waals surface area contributed by atoms with Crippen molar-refractivity contribution in [2.24, 2.45) is 5.41 Å². The van der Waals surface area contributed by atoms with E-state index in [2.05, 4.69) is 15.0 Å². The highest BCUT2D eigenvalue weighted by Gasteiger charge is 2.43. The third-order valence-corrected chi connectivity index (χ3v) is 5.44. The molecule has 11 nitrogen and oxygen atoms in total. The molecule has 2 aromatic heterocycles. The Morgan fingerprint density at radius 2 is 2.21 bits per heavy atom. The lowest BCUT2D eigenvalue weighted by atomic mass is 9.87. The van der Waals surface area contributed by atoms with Crippen molar-refractivity contribution in [3.05, 3.63) is 16.7 Å². The van der Waals surface area contributed by atoms with Gasteiger partial charge < -0.3 is 15.4 Å². The molecule has 1 saturated heterocycles. The molecule has 0 spiro atoms. The van der Waals surface area contributed by atoms with Gasteiger partial charge in [-0.15, -0.1) is 0 Å². The lowest BCUT2D eigenvalue weighted by Gasteiger charge is -2.27. The van der Waals surface area contributed by atoms with Crippen LogP contribution in [0.2, 0.25) is 0 Å². The number of fused-ring (bicyclic) bond motifs is 1. The van der Waals surface area contributed by atoms with Crippen LogP contribution in [0.5, 0.6) is 0 Å². The zero-order chi connectivity index (χ0) is 20.7. The van der Waals surface area contributed by atoms with Crippen molar-refractivity contribution in [3.63, 3.8) is 0 Å². The highest BCUT2D eigenvalue weighted by atomic mass is 31.2. The first-order valence-electron chi connectivity index (χ1n) is 9.02. The highest BCUT2D eigenvalue weighted by Crippen LogP contribution is 2.49. The molecule has 0 saturated carbocycles. The molecule has 156 valence electrons. The second-order valence-corrected chi connectivity index (χ2v) is 9.34. The van der Waals surface area contributed by atoms with Gasteiger partial charge in [0.05, 0.1) is 25.1 Å². The van der Waals surface area contributed by atoms with Gasteiger partial charge in [-0.1, -0.05) is 20.8 Å². The van der Waals surface area contributed by atoms with E-state index in [1.54, 1.807) is 11.5 Å². The maximum absolute atomic E-state index is 12.1. The molecule has 1 aliphatic rings. The Morgan fingerprint density at radius 3 is 2.86 bits per heavy atom. The average Bonchev–Trinajstić information content (AvgIpc) is 3.09. The van der Waals surface area contributed by atoms with E-state index in [4.69, 9.17) is 19.5 Å². The summed E-state index contributed by atoms with van der Waals surface area (Å²) in [7, 11) is -4.21. The van der Waals surface area contributed by atoms with Gasteiger partial charge in [-0.2, -0.15) is 4.98 Å². The summed E-state index contributed by atoms with van der Waals surface area (Å²) in [5.74, 6) is -0.0347. The van der Waals surface area contributed by atoms with Crippen LogP contribution in [0.4, 0.5) is 5.95 Å². The van der Waals surface area contributed by atoms with Crippen molar-refractivity contribution >= 4 is 24.9 Å². The molecular weight excluding hydrogens is 389 g/mol. The Hall–Kier alpha value is -1.78. The number of hydrogen-bond acceptors (Lipinski definition) is 8. The van der Waals surface area contributed by atoms with Crippen LogP contribution in [-0.4, -0.2) is 43.2 Å². The molecule has 2 aromatic rings. The first kappa shape index (κ1) is 20.9. The number of anilines is 1. The van der Waals surface area contributed by atoms with Gasteiger partial charge in [0.25, 0.3) is 5.56 Å². The number of nitrogens with two attached hydrogens (primary N) is 1. The SMILES string of the molecule is CCOP(=O)(O)OC1C[C@H](n2cnc3c(=O)[nH]c(N)nc32)O[C@@H]1CC(C)(C)C. The lowest BCUT2D eigenvalue weighted by molar-refractivity contribution is -0.0361. The van der Waals surface area contributed by atoms with E-state index in [1.807, 2.05) is 20.8 Å². The van der Waals surface area contributed by atoms with E-state index in [1.165, 1.54) is 6.33 Å². The Labute approximate surface area is 161 Å². The molecule has 0 amide bonds. The normalized spacial score (nSPS) is 25.2. The number of nitrogens with zero attached hydrogens (tertiary/aromatic N) is 3. The molecule has 1 fully saturated rings. The van der Waals surface area contributed by atoms with Gasteiger partial charge in [0.1, 0.15) is 6.23 Å². The van der Waals surface area contributed by atoms with Crippen LogP contribution in [0.3, 0.4) is 0 Å². The lowest BCUT2D eigenvalue weighted by Crippen LogP contribution is -2.28. The fourth-order valence-corrected chi connectivity index (χ4v) is 4.24. The highest BCUT2D eigenvalue weighted by molar-refractivity contribution is 7.47. The molecule has 12 heteroatoms. The predicted molar refractivity (Wildman–Crippen MR) is 101 cm³/mol. The Morgan fingerprint density at radius 1 is 1.50 bits per heavy atom. The van der Waals surface area contributed by atoms with E-state index < -0.39 is 31.8 Å². The van der Waals surface area contributed by atoms with Crippen LogP contribution in [0, 0.1) is 5.41 Å². The summed E-state index contributed by atoms with van der Waals surface area (Å²) in [4.78, 5) is 32.5. The fraction of sp³-hybridized carbons (Fsp3) is 0.688. The summed E-state index contributed by atoms with van der Waals surface area (Å²) in [6.07, 6.45) is 0.569. The number of hydrogen-bond donors (Lipinski definition) is 3. The number of ether oxygens (including phenoxy) is 1. The maximum Gasteiger partial charge on any atom is 0.472 e. The van der Waals surface area contributed by atoms with Gasteiger partial charge in [0.15, 0.2) is 11.2 Å². The van der Waals surface area contributed by atoms with E-state index in [0.29, 0.717) is 6.42 Å².